The lowest BCUT2D eigenvalue weighted by molar-refractivity contribution is 0.168. The predicted octanol–water partition coefficient (Wildman–Crippen LogP) is 3.07. The number of nitrogens with one attached hydrogen (secondary N) is 1. The minimum atomic E-state index is -3.63. The number of hydrogen-bond donors (Lipinski definition) is 1. The summed E-state index contributed by atoms with van der Waals surface area (Å²) in [5.41, 5.74) is 0.503. The fourth-order valence-electron chi connectivity index (χ4n) is 3.87. The second-order valence-corrected chi connectivity index (χ2v) is 9.25. The third kappa shape index (κ3) is 5.15. The highest BCUT2D eigenvalue weighted by molar-refractivity contribution is 7.89. The van der Waals surface area contributed by atoms with Crippen LogP contribution in [0.5, 0.6) is 11.5 Å². The summed E-state index contributed by atoms with van der Waals surface area (Å²) in [6, 6.07) is 16.4. The fraction of sp³-hybridized carbons (Fsp3) is 0.348. The predicted molar refractivity (Wildman–Crippen MR) is 120 cm³/mol. The number of fused-ring (bicyclic) bond motifs is 1. The molecule has 7 nitrogen and oxygen atoms in total. The molecular weight excluding hydrogens is 414 g/mol. The van der Waals surface area contributed by atoms with E-state index >= 15 is 0 Å². The third-order valence-electron chi connectivity index (χ3n) is 5.53. The van der Waals surface area contributed by atoms with Crippen molar-refractivity contribution in [2.24, 2.45) is 0 Å². The van der Waals surface area contributed by atoms with E-state index in [9.17, 15) is 8.42 Å². The summed E-state index contributed by atoms with van der Waals surface area (Å²) in [5, 5.41) is 0.815. The van der Waals surface area contributed by atoms with E-state index < -0.39 is 10.0 Å². The van der Waals surface area contributed by atoms with Crippen LogP contribution in [-0.4, -0.2) is 57.7 Å². The molecule has 1 aromatic heterocycles. The van der Waals surface area contributed by atoms with Gasteiger partial charge in [-0.2, -0.15) is 0 Å². The lowest BCUT2D eigenvalue weighted by Gasteiger charge is -2.32. The van der Waals surface area contributed by atoms with E-state index in [1.54, 1.807) is 31.5 Å². The molecule has 0 bridgehead atoms. The number of pyridine rings is 1. The summed E-state index contributed by atoms with van der Waals surface area (Å²) < 4.78 is 40.0. The van der Waals surface area contributed by atoms with Crippen LogP contribution in [0.1, 0.15) is 12.8 Å². The van der Waals surface area contributed by atoms with Crippen molar-refractivity contribution in [3.05, 3.63) is 60.8 Å². The number of nitrogens with zero attached hydrogens (tertiary/aromatic N) is 2. The Labute approximate surface area is 183 Å². The van der Waals surface area contributed by atoms with E-state index in [1.807, 2.05) is 36.4 Å². The summed E-state index contributed by atoms with van der Waals surface area (Å²) in [4.78, 5) is 6.80. The Balaban J connectivity index is 1.30. The zero-order valence-corrected chi connectivity index (χ0v) is 18.3. The molecule has 0 aliphatic carbocycles. The molecule has 1 saturated heterocycles. The number of ether oxygens (including phenoxy) is 2. The number of methoxy groups -OCH3 is 1. The van der Waals surface area contributed by atoms with Crippen LogP contribution in [0, 0.1) is 0 Å². The highest BCUT2D eigenvalue weighted by Crippen LogP contribution is 2.26. The van der Waals surface area contributed by atoms with Crippen LogP contribution in [-0.2, 0) is 10.0 Å². The quantitative estimate of drug-likeness (QED) is 0.579. The van der Waals surface area contributed by atoms with Gasteiger partial charge in [-0.25, -0.2) is 13.1 Å². The van der Waals surface area contributed by atoms with Gasteiger partial charge in [-0.05, 0) is 50.2 Å². The van der Waals surface area contributed by atoms with Crippen molar-refractivity contribution in [3.8, 4) is 11.5 Å². The topological polar surface area (TPSA) is 80.8 Å². The number of rotatable bonds is 8. The molecule has 0 unspecified atom stereocenters. The van der Waals surface area contributed by atoms with Crippen LogP contribution < -0.4 is 14.2 Å². The van der Waals surface area contributed by atoms with Crippen LogP contribution in [0.4, 0.5) is 0 Å². The lowest BCUT2D eigenvalue weighted by Crippen LogP contribution is -2.45. The van der Waals surface area contributed by atoms with Crippen LogP contribution in [0.15, 0.2) is 65.7 Å². The van der Waals surface area contributed by atoms with Crippen LogP contribution in [0.25, 0.3) is 10.9 Å². The largest absolute Gasteiger partial charge is 0.493 e. The average Bonchev–Trinajstić information content (AvgIpc) is 2.80. The Morgan fingerprint density at radius 3 is 2.55 bits per heavy atom. The van der Waals surface area contributed by atoms with Gasteiger partial charge < -0.3 is 9.47 Å². The number of benzene rings is 2. The van der Waals surface area contributed by atoms with Gasteiger partial charge in [0.25, 0.3) is 0 Å². The second-order valence-electron chi connectivity index (χ2n) is 7.57. The van der Waals surface area contributed by atoms with Gasteiger partial charge in [-0.15, -0.1) is 0 Å². The van der Waals surface area contributed by atoms with Crippen LogP contribution in [0.3, 0.4) is 0 Å². The number of piperidine rings is 1. The van der Waals surface area contributed by atoms with Gasteiger partial charge in [0.15, 0.2) is 11.5 Å². The first-order chi connectivity index (χ1) is 15.1. The average molecular weight is 442 g/mol. The summed E-state index contributed by atoms with van der Waals surface area (Å²) >= 11 is 0. The molecule has 1 aliphatic heterocycles. The van der Waals surface area contributed by atoms with Crippen molar-refractivity contribution in [1.82, 2.24) is 14.6 Å². The normalized spacial score (nSPS) is 15.8. The fourth-order valence-corrected chi connectivity index (χ4v) is 5.36. The number of para-hydroxylation sites is 3. The Morgan fingerprint density at radius 1 is 1.03 bits per heavy atom. The SMILES string of the molecule is COc1ccccc1OCCN1CCC(NS(=O)(=O)c2cccc3cccnc23)CC1. The summed E-state index contributed by atoms with van der Waals surface area (Å²) in [5.74, 6) is 1.45. The minimum absolute atomic E-state index is 0.0876. The van der Waals surface area contributed by atoms with Gasteiger partial charge in [-0.3, -0.25) is 9.88 Å². The summed E-state index contributed by atoms with van der Waals surface area (Å²) in [6.07, 6.45) is 3.13. The Morgan fingerprint density at radius 2 is 1.77 bits per heavy atom. The molecule has 0 radical (unpaired) electrons. The molecule has 0 atom stereocenters. The van der Waals surface area contributed by atoms with Crippen molar-refractivity contribution in [1.29, 1.82) is 0 Å². The maximum Gasteiger partial charge on any atom is 0.242 e. The molecule has 1 aliphatic rings. The Kier molecular flexibility index (Phi) is 6.70. The van der Waals surface area contributed by atoms with E-state index in [1.165, 1.54) is 0 Å². The molecule has 0 spiro atoms. The van der Waals surface area contributed by atoms with Gasteiger partial charge in [-0.1, -0.05) is 30.3 Å². The van der Waals surface area contributed by atoms with E-state index in [0.717, 1.165) is 49.4 Å². The summed E-state index contributed by atoms with van der Waals surface area (Å²) in [6.45, 7) is 2.97. The molecule has 8 heteroatoms. The zero-order chi connectivity index (χ0) is 21.7. The van der Waals surface area contributed by atoms with Crippen molar-refractivity contribution in [3.63, 3.8) is 0 Å². The highest BCUT2D eigenvalue weighted by atomic mass is 32.2. The third-order valence-corrected chi connectivity index (χ3v) is 7.08. The molecule has 1 fully saturated rings. The first kappa shape index (κ1) is 21.5. The smallest absolute Gasteiger partial charge is 0.242 e. The first-order valence-corrected chi connectivity index (χ1v) is 11.9. The van der Waals surface area contributed by atoms with E-state index in [-0.39, 0.29) is 10.9 Å². The number of aromatic nitrogens is 1. The van der Waals surface area contributed by atoms with Crippen molar-refractivity contribution in [2.45, 2.75) is 23.8 Å². The first-order valence-electron chi connectivity index (χ1n) is 10.4. The van der Waals surface area contributed by atoms with Crippen molar-refractivity contribution in [2.75, 3.05) is 33.4 Å². The molecule has 0 amide bonds. The van der Waals surface area contributed by atoms with Crippen LogP contribution >= 0.6 is 0 Å². The zero-order valence-electron chi connectivity index (χ0n) is 17.5. The van der Waals surface area contributed by atoms with E-state index in [4.69, 9.17) is 9.47 Å². The van der Waals surface area contributed by atoms with Gasteiger partial charge >= 0.3 is 0 Å². The molecule has 2 aromatic carbocycles. The van der Waals surface area contributed by atoms with Gasteiger partial charge in [0.1, 0.15) is 11.5 Å². The van der Waals surface area contributed by atoms with Gasteiger partial charge in [0.05, 0.1) is 12.6 Å². The molecule has 0 saturated carbocycles. The maximum absolute atomic E-state index is 13.0. The van der Waals surface area contributed by atoms with Crippen LogP contribution in [0.2, 0.25) is 0 Å². The molecule has 4 rings (SSSR count). The molecule has 164 valence electrons. The van der Waals surface area contributed by atoms with Crippen molar-refractivity contribution < 1.29 is 17.9 Å². The monoisotopic (exact) mass is 441 g/mol. The summed E-state index contributed by atoms with van der Waals surface area (Å²) in [7, 11) is -2.01. The molecule has 1 N–H and O–H groups in total. The van der Waals surface area contributed by atoms with E-state index in [0.29, 0.717) is 12.1 Å². The highest BCUT2D eigenvalue weighted by Gasteiger charge is 2.26. The lowest BCUT2D eigenvalue weighted by atomic mass is 10.1. The molecule has 31 heavy (non-hydrogen) atoms. The van der Waals surface area contributed by atoms with E-state index in [2.05, 4.69) is 14.6 Å². The Hall–Kier alpha value is -2.68. The Bertz CT molecular complexity index is 1120. The van der Waals surface area contributed by atoms with Gasteiger partial charge in [0.2, 0.25) is 10.0 Å². The maximum atomic E-state index is 13.0. The molecule has 3 aromatic rings. The molecular formula is C23H27N3O4S. The number of likely N-dealkylation sites (tertiary alicyclic amines) is 1. The minimum Gasteiger partial charge on any atom is -0.493 e. The number of sulfonamides is 1. The molecule has 2 heterocycles. The van der Waals surface area contributed by atoms with Gasteiger partial charge in [0, 0.05) is 24.2 Å². The second kappa shape index (κ2) is 9.64. The standard InChI is InChI=1S/C23H27N3O4S/c1-29-20-8-2-3-9-21(20)30-17-16-26-14-11-19(12-15-26)25-31(27,28)22-10-4-6-18-7-5-13-24-23(18)22/h2-10,13,19,25H,11-12,14-17H2,1H3. The van der Waals surface area contributed by atoms with Crippen molar-refractivity contribution >= 4 is 20.9 Å². The number of hydrogen-bond acceptors (Lipinski definition) is 6.